The van der Waals surface area contributed by atoms with Crippen LogP contribution in [0.15, 0.2) is 18.2 Å². The molecule has 1 aliphatic rings. The van der Waals surface area contributed by atoms with E-state index in [9.17, 15) is 0 Å². The number of nitrogens with one attached hydrogen (secondary N) is 1. The minimum atomic E-state index is 0.408. The van der Waals surface area contributed by atoms with Crippen LogP contribution in [0.25, 0.3) is 0 Å². The fourth-order valence-electron chi connectivity index (χ4n) is 2.36. The van der Waals surface area contributed by atoms with Crippen molar-refractivity contribution in [1.82, 2.24) is 5.32 Å². The van der Waals surface area contributed by atoms with Gasteiger partial charge in [-0.3, -0.25) is 0 Å². The van der Waals surface area contributed by atoms with E-state index in [2.05, 4.69) is 17.4 Å². The molecule has 1 atom stereocenters. The Morgan fingerprint density at radius 3 is 2.50 bits per heavy atom. The molecule has 1 fully saturated rings. The molecule has 18 heavy (non-hydrogen) atoms. The number of rotatable bonds is 7. The molecule has 0 heterocycles. The van der Waals surface area contributed by atoms with Gasteiger partial charge in [0.05, 0.1) is 14.2 Å². The van der Waals surface area contributed by atoms with Gasteiger partial charge in [-0.25, -0.2) is 0 Å². The summed E-state index contributed by atoms with van der Waals surface area (Å²) in [4.78, 5) is 0. The third-order valence-electron chi connectivity index (χ3n) is 3.72. The van der Waals surface area contributed by atoms with Gasteiger partial charge < -0.3 is 14.8 Å². The van der Waals surface area contributed by atoms with E-state index in [1.807, 2.05) is 13.1 Å². The largest absolute Gasteiger partial charge is 0.493 e. The Morgan fingerprint density at radius 2 is 1.94 bits per heavy atom. The molecule has 0 aliphatic heterocycles. The van der Waals surface area contributed by atoms with Crippen LogP contribution in [0.4, 0.5) is 0 Å². The maximum atomic E-state index is 5.36. The zero-order chi connectivity index (χ0) is 13.0. The van der Waals surface area contributed by atoms with E-state index in [1.54, 1.807) is 14.2 Å². The van der Waals surface area contributed by atoms with Gasteiger partial charge in [-0.05, 0) is 43.5 Å². The molecule has 2 rings (SSSR count). The molecular weight excluding hydrogens is 226 g/mol. The van der Waals surface area contributed by atoms with Crippen LogP contribution in [0, 0.1) is 5.92 Å². The van der Waals surface area contributed by atoms with Crippen molar-refractivity contribution in [3.05, 3.63) is 23.8 Å². The molecule has 3 heteroatoms. The minimum Gasteiger partial charge on any atom is -0.493 e. The van der Waals surface area contributed by atoms with E-state index in [4.69, 9.17) is 9.47 Å². The first-order valence-corrected chi connectivity index (χ1v) is 6.67. The van der Waals surface area contributed by atoms with Crippen molar-refractivity contribution < 1.29 is 9.47 Å². The van der Waals surface area contributed by atoms with E-state index in [0.29, 0.717) is 6.04 Å². The van der Waals surface area contributed by atoms with Gasteiger partial charge in [0.1, 0.15) is 0 Å². The van der Waals surface area contributed by atoms with Gasteiger partial charge in [0, 0.05) is 6.04 Å². The summed E-state index contributed by atoms with van der Waals surface area (Å²) in [5.74, 6) is 2.57. The van der Waals surface area contributed by atoms with Gasteiger partial charge in [-0.1, -0.05) is 18.9 Å². The molecular formula is C15H23NO2. The predicted octanol–water partition coefficient (Wildman–Crippen LogP) is 3.15. The molecule has 0 aromatic heterocycles. The topological polar surface area (TPSA) is 30.5 Å². The van der Waals surface area contributed by atoms with Crippen LogP contribution in [0.2, 0.25) is 0 Å². The highest BCUT2D eigenvalue weighted by Crippen LogP contribution is 2.37. The lowest BCUT2D eigenvalue weighted by molar-refractivity contribution is 0.353. The molecule has 1 unspecified atom stereocenters. The van der Waals surface area contributed by atoms with Crippen molar-refractivity contribution in [1.29, 1.82) is 0 Å². The summed E-state index contributed by atoms with van der Waals surface area (Å²) in [6.45, 7) is 0. The lowest BCUT2D eigenvalue weighted by atomic mass is 10.00. The number of ether oxygens (including phenoxy) is 2. The lowest BCUT2D eigenvalue weighted by Crippen LogP contribution is -2.16. The molecule has 100 valence electrons. The quantitative estimate of drug-likeness (QED) is 0.805. The van der Waals surface area contributed by atoms with Gasteiger partial charge in [0.15, 0.2) is 11.5 Å². The third-order valence-corrected chi connectivity index (χ3v) is 3.72. The zero-order valence-corrected chi connectivity index (χ0v) is 11.5. The van der Waals surface area contributed by atoms with E-state index in [1.165, 1.54) is 31.2 Å². The summed E-state index contributed by atoms with van der Waals surface area (Å²) >= 11 is 0. The molecule has 1 aromatic carbocycles. The van der Waals surface area contributed by atoms with Crippen LogP contribution >= 0.6 is 0 Å². The molecule has 0 amide bonds. The van der Waals surface area contributed by atoms with Gasteiger partial charge in [-0.2, -0.15) is 0 Å². The van der Waals surface area contributed by atoms with E-state index in [-0.39, 0.29) is 0 Å². The Hall–Kier alpha value is -1.22. The van der Waals surface area contributed by atoms with E-state index < -0.39 is 0 Å². The van der Waals surface area contributed by atoms with Crippen molar-refractivity contribution in [2.45, 2.75) is 31.7 Å². The second-order valence-electron chi connectivity index (χ2n) is 4.98. The third kappa shape index (κ3) is 3.16. The smallest absolute Gasteiger partial charge is 0.161 e. The standard InChI is InChI=1S/C15H23NO2/c1-16-13(8-6-11-4-5-11)12-7-9-14(17-2)15(10-12)18-3/h7,9-11,13,16H,4-6,8H2,1-3H3. The molecule has 0 radical (unpaired) electrons. The molecule has 0 spiro atoms. The molecule has 3 nitrogen and oxygen atoms in total. The number of methoxy groups -OCH3 is 2. The van der Waals surface area contributed by atoms with Crippen molar-refractivity contribution >= 4 is 0 Å². The van der Waals surface area contributed by atoms with Crippen molar-refractivity contribution in [2.24, 2.45) is 5.92 Å². The minimum absolute atomic E-state index is 0.408. The Morgan fingerprint density at radius 1 is 1.22 bits per heavy atom. The molecule has 0 bridgehead atoms. The number of benzene rings is 1. The van der Waals surface area contributed by atoms with Crippen LogP contribution in [-0.4, -0.2) is 21.3 Å². The first-order chi connectivity index (χ1) is 8.78. The SMILES string of the molecule is CNC(CCC1CC1)c1ccc(OC)c(OC)c1. The van der Waals surface area contributed by atoms with Crippen LogP contribution in [0.3, 0.4) is 0 Å². The first-order valence-electron chi connectivity index (χ1n) is 6.67. The normalized spacial score (nSPS) is 16.4. The highest BCUT2D eigenvalue weighted by Gasteiger charge is 2.23. The zero-order valence-electron chi connectivity index (χ0n) is 11.5. The summed E-state index contributed by atoms with van der Waals surface area (Å²) in [6.07, 6.45) is 5.35. The average molecular weight is 249 g/mol. The monoisotopic (exact) mass is 249 g/mol. The van der Waals surface area contributed by atoms with Crippen LogP contribution in [-0.2, 0) is 0 Å². The van der Waals surface area contributed by atoms with Crippen molar-refractivity contribution in [3.63, 3.8) is 0 Å². The first kappa shape index (κ1) is 13.2. The average Bonchev–Trinajstić information content (AvgIpc) is 3.23. The molecule has 1 aliphatic carbocycles. The van der Waals surface area contributed by atoms with E-state index in [0.717, 1.165) is 17.4 Å². The highest BCUT2D eigenvalue weighted by molar-refractivity contribution is 5.43. The molecule has 1 N–H and O–H groups in total. The number of hydrogen-bond donors (Lipinski definition) is 1. The van der Waals surface area contributed by atoms with Crippen LogP contribution in [0.1, 0.15) is 37.3 Å². The fraction of sp³-hybridized carbons (Fsp3) is 0.600. The molecule has 0 saturated heterocycles. The van der Waals surface area contributed by atoms with Gasteiger partial charge in [-0.15, -0.1) is 0 Å². The lowest BCUT2D eigenvalue weighted by Gasteiger charge is -2.18. The maximum absolute atomic E-state index is 5.36. The Bertz CT molecular complexity index is 388. The molecule has 1 saturated carbocycles. The fourth-order valence-corrected chi connectivity index (χ4v) is 2.36. The Kier molecular flexibility index (Phi) is 4.48. The number of hydrogen-bond acceptors (Lipinski definition) is 3. The van der Waals surface area contributed by atoms with Crippen molar-refractivity contribution in [3.8, 4) is 11.5 Å². The predicted molar refractivity (Wildman–Crippen MR) is 73.3 cm³/mol. The summed E-state index contributed by atoms with van der Waals surface area (Å²) in [5.41, 5.74) is 1.27. The summed E-state index contributed by atoms with van der Waals surface area (Å²) < 4.78 is 10.6. The Labute approximate surface area is 109 Å². The highest BCUT2D eigenvalue weighted by atomic mass is 16.5. The summed E-state index contributed by atoms with van der Waals surface area (Å²) in [6, 6.07) is 6.59. The van der Waals surface area contributed by atoms with E-state index >= 15 is 0 Å². The van der Waals surface area contributed by atoms with Gasteiger partial charge in [0.2, 0.25) is 0 Å². The van der Waals surface area contributed by atoms with Gasteiger partial charge >= 0.3 is 0 Å². The van der Waals surface area contributed by atoms with Crippen LogP contribution < -0.4 is 14.8 Å². The Balaban J connectivity index is 2.08. The summed E-state index contributed by atoms with van der Waals surface area (Å²) in [5, 5.41) is 3.39. The molecule has 1 aromatic rings. The summed E-state index contributed by atoms with van der Waals surface area (Å²) in [7, 11) is 5.37. The van der Waals surface area contributed by atoms with Crippen molar-refractivity contribution in [2.75, 3.05) is 21.3 Å². The maximum Gasteiger partial charge on any atom is 0.161 e. The second kappa shape index (κ2) is 6.10. The van der Waals surface area contributed by atoms with Gasteiger partial charge in [0.25, 0.3) is 0 Å². The van der Waals surface area contributed by atoms with Crippen LogP contribution in [0.5, 0.6) is 11.5 Å². The second-order valence-corrected chi connectivity index (χ2v) is 4.98.